The molecule has 1 aromatic heterocycles. The molecule has 2 aromatic rings. The van der Waals surface area contributed by atoms with Crippen LogP contribution >= 0.6 is 23.2 Å². The van der Waals surface area contributed by atoms with Gasteiger partial charge in [0.25, 0.3) is 0 Å². The summed E-state index contributed by atoms with van der Waals surface area (Å²) in [7, 11) is 1.83. The molecule has 190 valence electrons. The second-order valence-electron chi connectivity index (χ2n) is 9.98. The third-order valence-corrected chi connectivity index (χ3v) is 8.28. The third-order valence-electron chi connectivity index (χ3n) is 7.70. The molecule has 1 unspecified atom stereocenters. The lowest BCUT2D eigenvalue weighted by atomic mass is 9.93. The number of ether oxygens (including phenoxy) is 1. The molecule has 2 saturated heterocycles. The molecule has 0 bridgehead atoms. The van der Waals surface area contributed by atoms with Crippen LogP contribution in [0.25, 0.3) is 0 Å². The van der Waals surface area contributed by atoms with Gasteiger partial charge in [-0.05, 0) is 55.8 Å². The molecular formula is C26H36Cl2N6O. The first kappa shape index (κ1) is 25.0. The van der Waals surface area contributed by atoms with Crippen molar-refractivity contribution in [2.75, 3.05) is 56.6 Å². The van der Waals surface area contributed by atoms with Gasteiger partial charge in [-0.2, -0.15) is 4.98 Å². The minimum Gasteiger partial charge on any atom is -0.380 e. The zero-order chi connectivity index (χ0) is 24.2. The van der Waals surface area contributed by atoms with Crippen LogP contribution in [0.5, 0.6) is 0 Å². The number of rotatable bonds is 8. The Bertz CT molecular complexity index is 1010. The van der Waals surface area contributed by atoms with Crippen LogP contribution in [0.1, 0.15) is 42.5 Å². The predicted molar refractivity (Wildman–Crippen MR) is 143 cm³/mol. The predicted octanol–water partition coefficient (Wildman–Crippen LogP) is 4.37. The molecule has 1 aromatic carbocycles. The van der Waals surface area contributed by atoms with Gasteiger partial charge in [0.05, 0.1) is 11.8 Å². The molecule has 2 fully saturated rings. The second-order valence-corrected chi connectivity index (χ2v) is 10.8. The lowest BCUT2D eigenvalue weighted by Gasteiger charge is -2.33. The van der Waals surface area contributed by atoms with Gasteiger partial charge in [-0.1, -0.05) is 29.3 Å². The first-order chi connectivity index (χ1) is 17.1. The number of hydrogen-bond donors (Lipinski definition) is 2. The molecule has 3 aliphatic rings. The van der Waals surface area contributed by atoms with E-state index in [1.165, 1.54) is 44.3 Å². The number of nitrogens with one attached hydrogen (secondary N) is 2. The number of anilines is 2. The summed E-state index contributed by atoms with van der Waals surface area (Å²) in [4.78, 5) is 14.9. The van der Waals surface area contributed by atoms with Gasteiger partial charge in [0.2, 0.25) is 5.95 Å². The van der Waals surface area contributed by atoms with Crippen LogP contribution < -0.4 is 15.5 Å². The Hall–Kier alpha value is -1.64. The first-order valence-corrected chi connectivity index (χ1v) is 13.6. The van der Waals surface area contributed by atoms with Crippen LogP contribution in [0.2, 0.25) is 10.0 Å². The number of fused-ring (bicyclic) bond motifs is 1. The van der Waals surface area contributed by atoms with Crippen molar-refractivity contribution in [1.82, 2.24) is 20.2 Å². The zero-order valence-electron chi connectivity index (χ0n) is 20.5. The molecule has 0 amide bonds. The van der Waals surface area contributed by atoms with Crippen LogP contribution in [0.3, 0.4) is 0 Å². The van der Waals surface area contributed by atoms with Gasteiger partial charge in [-0.25, -0.2) is 4.98 Å². The van der Waals surface area contributed by atoms with Crippen molar-refractivity contribution in [3.63, 3.8) is 0 Å². The maximum absolute atomic E-state index is 6.40. The number of piperidine rings is 1. The Kier molecular flexibility index (Phi) is 8.30. The highest BCUT2D eigenvalue weighted by molar-refractivity contribution is 6.35. The number of nitrogens with zero attached hydrogens (tertiary/aromatic N) is 4. The average Bonchev–Trinajstić information content (AvgIpc) is 3.35. The lowest BCUT2D eigenvalue weighted by molar-refractivity contribution is 0.107. The molecule has 0 saturated carbocycles. The number of methoxy groups -OCH3 is 1. The Labute approximate surface area is 218 Å². The molecule has 4 heterocycles. The van der Waals surface area contributed by atoms with Gasteiger partial charge in [-0.15, -0.1) is 0 Å². The van der Waals surface area contributed by atoms with Crippen molar-refractivity contribution < 1.29 is 4.74 Å². The fraction of sp³-hybridized carbons (Fsp3) is 0.615. The number of halogens is 2. The summed E-state index contributed by atoms with van der Waals surface area (Å²) >= 11 is 12.5. The summed E-state index contributed by atoms with van der Waals surface area (Å²) in [5.74, 6) is 2.54. The number of benzene rings is 1. The van der Waals surface area contributed by atoms with Crippen molar-refractivity contribution in [2.45, 2.75) is 51.3 Å². The van der Waals surface area contributed by atoms with Gasteiger partial charge in [-0.3, -0.25) is 0 Å². The van der Waals surface area contributed by atoms with Crippen LogP contribution in [0.4, 0.5) is 11.8 Å². The van der Waals surface area contributed by atoms with Gasteiger partial charge >= 0.3 is 0 Å². The zero-order valence-corrected chi connectivity index (χ0v) is 22.0. The highest BCUT2D eigenvalue weighted by atomic mass is 35.5. The molecule has 35 heavy (non-hydrogen) atoms. The van der Waals surface area contributed by atoms with E-state index in [2.05, 4.69) is 20.4 Å². The van der Waals surface area contributed by atoms with Crippen LogP contribution in [-0.2, 0) is 24.2 Å². The van der Waals surface area contributed by atoms with Gasteiger partial charge < -0.3 is 25.2 Å². The minimum atomic E-state index is 0.423. The van der Waals surface area contributed by atoms with Crippen molar-refractivity contribution >= 4 is 35.0 Å². The Morgan fingerprint density at radius 1 is 1.14 bits per heavy atom. The molecule has 0 radical (unpaired) electrons. The normalized spacial score (nSPS) is 21.3. The topological polar surface area (TPSA) is 65.5 Å². The lowest BCUT2D eigenvalue weighted by Crippen LogP contribution is -2.37. The third kappa shape index (κ3) is 6.20. The van der Waals surface area contributed by atoms with E-state index in [0.717, 1.165) is 68.1 Å². The highest BCUT2D eigenvalue weighted by Crippen LogP contribution is 2.29. The van der Waals surface area contributed by atoms with E-state index in [9.17, 15) is 0 Å². The molecule has 1 atom stereocenters. The summed E-state index contributed by atoms with van der Waals surface area (Å²) in [6, 6.07) is 5.62. The quantitative estimate of drug-likeness (QED) is 0.537. The molecule has 5 rings (SSSR count). The molecule has 2 N–H and O–H groups in total. The first-order valence-electron chi connectivity index (χ1n) is 12.9. The van der Waals surface area contributed by atoms with E-state index in [0.29, 0.717) is 22.7 Å². The van der Waals surface area contributed by atoms with E-state index in [-0.39, 0.29) is 0 Å². The molecule has 7 nitrogen and oxygen atoms in total. The monoisotopic (exact) mass is 518 g/mol. The summed E-state index contributed by atoms with van der Waals surface area (Å²) in [5.41, 5.74) is 3.33. The highest BCUT2D eigenvalue weighted by Gasteiger charge is 2.26. The fourth-order valence-corrected chi connectivity index (χ4v) is 5.92. The summed E-state index contributed by atoms with van der Waals surface area (Å²) in [6.45, 7) is 7.82. The smallest absolute Gasteiger partial charge is 0.227 e. The van der Waals surface area contributed by atoms with E-state index in [1.807, 2.05) is 19.2 Å². The Morgan fingerprint density at radius 2 is 2.00 bits per heavy atom. The standard InChI is InChI=1S/C26H36Cl2N6O/c1-35-21-8-11-33(17-21)10-5-18-6-12-34(13-7-18)26-31-24-4-9-29-16-22(24)25(32-26)30-15-19-2-3-20(27)14-23(19)28/h2-3,14,18,21,29H,4-13,15-17H2,1H3,(H,30,31,32). The summed E-state index contributed by atoms with van der Waals surface area (Å²) < 4.78 is 5.52. The molecule has 3 aliphatic heterocycles. The van der Waals surface area contributed by atoms with E-state index in [4.69, 9.17) is 37.9 Å². The number of hydrogen-bond acceptors (Lipinski definition) is 7. The minimum absolute atomic E-state index is 0.423. The van der Waals surface area contributed by atoms with Crippen LogP contribution in [-0.4, -0.2) is 67.4 Å². The number of likely N-dealkylation sites (tertiary alicyclic amines) is 1. The van der Waals surface area contributed by atoms with Crippen molar-refractivity contribution in [3.05, 3.63) is 45.1 Å². The van der Waals surface area contributed by atoms with Crippen LogP contribution in [0, 0.1) is 5.92 Å². The second kappa shape index (κ2) is 11.6. The van der Waals surface area contributed by atoms with E-state index in [1.54, 1.807) is 6.07 Å². The van der Waals surface area contributed by atoms with Gasteiger partial charge in [0, 0.05) is 75.0 Å². The Morgan fingerprint density at radius 3 is 2.77 bits per heavy atom. The van der Waals surface area contributed by atoms with Crippen molar-refractivity contribution in [3.8, 4) is 0 Å². The molecule has 0 spiro atoms. The molecule has 0 aliphatic carbocycles. The number of aromatic nitrogens is 2. The van der Waals surface area contributed by atoms with Gasteiger partial charge in [0.1, 0.15) is 5.82 Å². The maximum atomic E-state index is 6.40. The summed E-state index contributed by atoms with van der Waals surface area (Å²) in [5, 5.41) is 8.31. The van der Waals surface area contributed by atoms with Crippen molar-refractivity contribution in [1.29, 1.82) is 0 Å². The Balaban J connectivity index is 1.21. The average molecular weight is 520 g/mol. The van der Waals surface area contributed by atoms with Crippen LogP contribution in [0.15, 0.2) is 18.2 Å². The molecular weight excluding hydrogens is 483 g/mol. The van der Waals surface area contributed by atoms with E-state index < -0.39 is 0 Å². The maximum Gasteiger partial charge on any atom is 0.227 e. The SMILES string of the molecule is COC1CCN(CCC2CCN(c3nc4c(c(NCc5ccc(Cl)cc5Cl)n3)CNCC4)CC2)C1. The summed E-state index contributed by atoms with van der Waals surface area (Å²) in [6.07, 6.45) is 6.19. The van der Waals surface area contributed by atoms with E-state index >= 15 is 0 Å². The molecule has 9 heteroatoms. The fourth-order valence-electron chi connectivity index (χ4n) is 5.44. The van der Waals surface area contributed by atoms with Crippen molar-refractivity contribution in [2.24, 2.45) is 5.92 Å². The largest absolute Gasteiger partial charge is 0.380 e. The van der Waals surface area contributed by atoms with Gasteiger partial charge in [0.15, 0.2) is 0 Å².